The molecule has 1 atom stereocenters. The van der Waals surface area contributed by atoms with E-state index in [0.717, 1.165) is 16.3 Å². The third-order valence-corrected chi connectivity index (χ3v) is 3.52. The molecule has 0 spiro atoms. The van der Waals surface area contributed by atoms with E-state index in [4.69, 9.17) is 4.42 Å². The minimum atomic E-state index is -1.04. The molecule has 0 aliphatic rings. The standard InChI is InChI=1S/C16H13NO4/c1-10-6-7-11-4-2-3-5-12(11)15(10)16(18)13-8-9-14(21-13)17(19)20/h2-9,16,18H,1H3. The average molecular weight is 283 g/mol. The monoisotopic (exact) mass is 283 g/mol. The topological polar surface area (TPSA) is 76.5 Å². The fraction of sp³-hybridized carbons (Fsp3) is 0.125. The normalized spacial score (nSPS) is 12.5. The van der Waals surface area contributed by atoms with Crippen LogP contribution in [-0.4, -0.2) is 10.0 Å². The molecule has 0 saturated heterocycles. The van der Waals surface area contributed by atoms with E-state index < -0.39 is 11.0 Å². The molecule has 21 heavy (non-hydrogen) atoms. The van der Waals surface area contributed by atoms with E-state index in [-0.39, 0.29) is 11.6 Å². The molecule has 0 aliphatic carbocycles. The molecule has 2 aromatic carbocycles. The zero-order chi connectivity index (χ0) is 15.0. The van der Waals surface area contributed by atoms with Gasteiger partial charge in [-0.2, -0.15) is 0 Å². The Morgan fingerprint density at radius 2 is 1.90 bits per heavy atom. The maximum atomic E-state index is 10.7. The molecule has 0 fully saturated rings. The van der Waals surface area contributed by atoms with Gasteiger partial charge in [0.05, 0.1) is 6.07 Å². The van der Waals surface area contributed by atoms with E-state index >= 15 is 0 Å². The van der Waals surface area contributed by atoms with Crippen LogP contribution in [0.15, 0.2) is 52.9 Å². The summed E-state index contributed by atoms with van der Waals surface area (Å²) in [5.41, 5.74) is 1.61. The van der Waals surface area contributed by atoms with Crippen LogP contribution in [0.4, 0.5) is 5.88 Å². The van der Waals surface area contributed by atoms with Gasteiger partial charge in [-0.3, -0.25) is 10.1 Å². The molecule has 1 heterocycles. The first-order valence-corrected chi connectivity index (χ1v) is 6.48. The van der Waals surface area contributed by atoms with Crippen LogP contribution in [0.5, 0.6) is 0 Å². The predicted molar refractivity (Wildman–Crippen MR) is 78.1 cm³/mol. The third-order valence-electron chi connectivity index (χ3n) is 3.52. The summed E-state index contributed by atoms with van der Waals surface area (Å²) < 4.78 is 5.12. The highest BCUT2D eigenvalue weighted by Crippen LogP contribution is 2.33. The average Bonchev–Trinajstić information content (AvgIpc) is 2.96. The summed E-state index contributed by atoms with van der Waals surface area (Å²) in [7, 11) is 0. The summed E-state index contributed by atoms with van der Waals surface area (Å²) in [5, 5.41) is 23.1. The molecule has 1 unspecified atom stereocenters. The molecule has 1 aromatic heterocycles. The summed E-state index contributed by atoms with van der Waals surface area (Å²) in [6.07, 6.45) is -1.04. The van der Waals surface area contributed by atoms with Gasteiger partial charge in [-0.25, -0.2) is 0 Å². The smallest absolute Gasteiger partial charge is 0.403 e. The number of fused-ring (bicyclic) bond motifs is 1. The zero-order valence-corrected chi connectivity index (χ0v) is 11.3. The van der Waals surface area contributed by atoms with Gasteiger partial charge in [0.2, 0.25) is 0 Å². The highest BCUT2D eigenvalue weighted by molar-refractivity contribution is 5.87. The number of aliphatic hydroxyl groups is 1. The Morgan fingerprint density at radius 3 is 2.62 bits per heavy atom. The maximum Gasteiger partial charge on any atom is 0.433 e. The van der Waals surface area contributed by atoms with Gasteiger partial charge < -0.3 is 9.52 Å². The Morgan fingerprint density at radius 1 is 1.14 bits per heavy atom. The molecule has 1 N–H and O–H groups in total. The number of hydrogen-bond acceptors (Lipinski definition) is 4. The van der Waals surface area contributed by atoms with Crippen molar-refractivity contribution in [2.45, 2.75) is 13.0 Å². The van der Waals surface area contributed by atoms with Crippen LogP contribution in [0.2, 0.25) is 0 Å². The zero-order valence-electron chi connectivity index (χ0n) is 11.3. The number of rotatable bonds is 3. The molecule has 0 bridgehead atoms. The first-order valence-electron chi connectivity index (χ1n) is 6.48. The molecule has 5 heteroatoms. The molecule has 5 nitrogen and oxygen atoms in total. The van der Waals surface area contributed by atoms with Crippen LogP contribution in [0, 0.1) is 17.0 Å². The van der Waals surface area contributed by atoms with Crippen molar-refractivity contribution in [1.29, 1.82) is 0 Å². The van der Waals surface area contributed by atoms with Crippen molar-refractivity contribution in [3.05, 3.63) is 75.5 Å². The van der Waals surface area contributed by atoms with Gasteiger partial charge >= 0.3 is 5.88 Å². The number of nitro groups is 1. The van der Waals surface area contributed by atoms with Gasteiger partial charge in [0.25, 0.3) is 0 Å². The highest BCUT2D eigenvalue weighted by Gasteiger charge is 2.22. The van der Waals surface area contributed by atoms with Crippen LogP contribution in [-0.2, 0) is 0 Å². The minimum absolute atomic E-state index is 0.168. The number of nitrogens with zero attached hydrogens (tertiary/aromatic N) is 1. The third kappa shape index (κ3) is 2.28. The lowest BCUT2D eigenvalue weighted by molar-refractivity contribution is -0.402. The van der Waals surface area contributed by atoms with Crippen molar-refractivity contribution in [3.8, 4) is 0 Å². The fourth-order valence-electron chi connectivity index (χ4n) is 2.50. The van der Waals surface area contributed by atoms with Crippen molar-refractivity contribution in [2.24, 2.45) is 0 Å². The summed E-state index contributed by atoms with van der Waals surface area (Å²) >= 11 is 0. The van der Waals surface area contributed by atoms with Gasteiger partial charge in [0.1, 0.15) is 16.8 Å². The van der Waals surface area contributed by atoms with Crippen molar-refractivity contribution in [3.63, 3.8) is 0 Å². The van der Waals surface area contributed by atoms with Crippen molar-refractivity contribution in [1.82, 2.24) is 0 Å². The summed E-state index contributed by atoms with van der Waals surface area (Å²) in [6, 6.07) is 14.3. The number of furan rings is 1. The van der Waals surface area contributed by atoms with Crippen LogP contribution >= 0.6 is 0 Å². The number of aryl methyl sites for hydroxylation is 1. The van der Waals surface area contributed by atoms with E-state index in [9.17, 15) is 15.2 Å². The Labute approximate surface area is 120 Å². The molecule has 3 rings (SSSR count). The quantitative estimate of drug-likeness (QED) is 0.587. The number of aliphatic hydroxyl groups excluding tert-OH is 1. The second-order valence-corrected chi connectivity index (χ2v) is 4.85. The lowest BCUT2D eigenvalue weighted by Gasteiger charge is -2.14. The van der Waals surface area contributed by atoms with Crippen molar-refractivity contribution < 1.29 is 14.4 Å². The number of hydrogen-bond donors (Lipinski definition) is 1. The lowest BCUT2D eigenvalue weighted by Crippen LogP contribution is -2.02. The molecular weight excluding hydrogens is 270 g/mol. The van der Waals surface area contributed by atoms with Gasteiger partial charge in [0, 0.05) is 0 Å². The van der Waals surface area contributed by atoms with Crippen molar-refractivity contribution >= 4 is 16.7 Å². The largest absolute Gasteiger partial charge is 0.433 e. The van der Waals surface area contributed by atoms with Crippen molar-refractivity contribution in [2.75, 3.05) is 0 Å². The lowest BCUT2D eigenvalue weighted by atomic mass is 9.94. The SMILES string of the molecule is Cc1ccc2ccccc2c1C(O)c1ccc([N+](=O)[O-])o1. The van der Waals surface area contributed by atoms with Gasteiger partial charge in [-0.05, 0) is 34.9 Å². The first-order chi connectivity index (χ1) is 10.1. The minimum Gasteiger partial charge on any atom is -0.403 e. The Balaban J connectivity index is 2.14. The van der Waals surface area contributed by atoms with Gasteiger partial charge in [-0.15, -0.1) is 0 Å². The van der Waals surface area contributed by atoms with Crippen LogP contribution in [0.25, 0.3) is 10.8 Å². The molecule has 0 aliphatic heterocycles. The van der Waals surface area contributed by atoms with E-state index in [0.29, 0.717) is 5.56 Å². The molecule has 3 aromatic rings. The maximum absolute atomic E-state index is 10.7. The van der Waals surface area contributed by atoms with E-state index in [1.807, 2.05) is 43.3 Å². The predicted octanol–water partition coefficient (Wildman–Crippen LogP) is 3.73. The molecule has 0 radical (unpaired) electrons. The van der Waals surface area contributed by atoms with Gasteiger partial charge in [-0.1, -0.05) is 36.4 Å². The Bertz CT molecular complexity index is 822. The van der Waals surface area contributed by atoms with Crippen LogP contribution < -0.4 is 0 Å². The number of benzene rings is 2. The molecule has 106 valence electrons. The first kappa shape index (κ1) is 13.3. The molecular formula is C16H13NO4. The highest BCUT2D eigenvalue weighted by atomic mass is 16.6. The Kier molecular flexibility index (Phi) is 3.19. The van der Waals surface area contributed by atoms with Crippen LogP contribution in [0.3, 0.4) is 0 Å². The second kappa shape index (κ2) is 5.03. The Hall–Kier alpha value is -2.66. The van der Waals surface area contributed by atoms with E-state index in [1.54, 1.807) is 0 Å². The van der Waals surface area contributed by atoms with Crippen LogP contribution in [0.1, 0.15) is 23.0 Å². The summed E-state index contributed by atoms with van der Waals surface area (Å²) in [5.74, 6) is -0.205. The fourth-order valence-corrected chi connectivity index (χ4v) is 2.50. The van der Waals surface area contributed by atoms with E-state index in [1.165, 1.54) is 12.1 Å². The summed E-state index contributed by atoms with van der Waals surface area (Å²) in [4.78, 5) is 10.1. The second-order valence-electron chi connectivity index (χ2n) is 4.85. The van der Waals surface area contributed by atoms with Gasteiger partial charge in [0.15, 0.2) is 0 Å². The van der Waals surface area contributed by atoms with E-state index in [2.05, 4.69) is 0 Å². The molecule has 0 saturated carbocycles. The summed E-state index contributed by atoms with van der Waals surface area (Å²) in [6.45, 7) is 1.89. The molecule has 0 amide bonds.